The monoisotopic (exact) mass is 423 g/mol. The maximum atomic E-state index is 13.3. The van der Waals surface area contributed by atoms with Gasteiger partial charge in [0.15, 0.2) is 0 Å². The number of halogens is 2. The summed E-state index contributed by atoms with van der Waals surface area (Å²) in [4.78, 5) is 11.9. The van der Waals surface area contributed by atoms with Gasteiger partial charge in [0.05, 0.1) is 22.7 Å². The van der Waals surface area contributed by atoms with Gasteiger partial charge in [-0.2, -0.15) is 0 Å². The number of anilines is 1. The highest BCUT2D eigenvalue weighted by atomic mass is 35.5. The van der Waals surface area contributed by atoms with E-state index in [1.807, 2.05) is 24.3 Å². The van der Waals surface area contributed by atoms with Crippen LogP contribution in [0.25, 0.3) is 10.8 Å². The predicted molar refractivity (Wildman–Crippen MR) is 107 cm³/mol. The fraction of sp³-hybridized carbons (Fsp3) is 0.105. The van der Waals surface area contributed by atoms with E-state index in [0.29, 0.717) is 0 Å². The molecule has 27 heavy (non-hydrogen) atoms. The summed E-state index contributed by atoms with van der Waals surface area (Å²) in [7, 11) is -2.92. The Bertz CT molecular complexity index is 1120. The van der Waals surface area contributed by atoms with Crippen LogP contribution in [-0.4, -0.2) is 28.0 Å². The molecule has 0 amide bonds. The molecule has 140 valence electrons. The third-order valence-corrected chi connectivity index (χ3v) is 6.30. The van der Waals surface area contributed by atoms with Gasteiger partial charge in [-0.25, -0.2) is 8.42 Å². The van der Waals surface area contributed by atoms with Crippen molar-refractivity contribution >= 4 is 55.7 Å². The van der Waals surface area contributed by atoms with Crippen molar-refractivity contribution in [3.05, 3.63) is 70.7 Å². The molecule has 0 aliphatic rings. The van der Waals surface area contributed by atoms with Crippen LogP contribution in [0, 0.1) is 0 Å². The van der Waals surface area contributed by atoms with Gasteiger partial charge in [-0.15, -0.1) is 0 Å². The number of rotatable bonds is 5. The summed E-state index contributed by atoms with van der Waals surface area (Å²) in [5, 5.41) is 2.09. The number of sulfonamides is 1. The molecule has 0 aromatic heterocycles. The lowest BCUT2D eigenvalue weighted by atomic mass is 10.1. The summed E-state index contributed by atoms with van der Waals surface area (Å²) < 4.78 is 32.2. The van der Waals surface area contributed by atoms with Gasteiger partial charge in [-0.05, 0) is 41.1 Å². The first-order chi connectivity index (χ1) is 12.8. The molecule has 0 aliphatic heterocycles. The predicted octanol–water partition coefficient (Wildman–Crippen LogP) is 4.51. The Balaban J connectivity index is 2.16. The maximum absolute atomic E-state index is 13.3. The average Bonchev–Trinajstić information content (AvgIpc) is 2.67. The van der Waals surface area contributed by atoms with Crippen LogP contribution in [0.15, 0.2) is 65.6 Å². The highest BCUT2D eigenvalue weighted by Gasteiger charge is 2.29. The third-order valence-electron chi connectivity index (χ3n) is 3.99. The Morgan fingerprint density at radius 3 is 2.41 bits per heavy atom. The van der Waals surface area contributed by atoms with Gasteiger partial charge < -0.3 is 4.74 Å². The van der Waals surface area contributed by atoms with Crippen LogP contribution in [0.4, 0.5) is 5.69 Å². The molecule has 0 saturated heterocycles. The van der Waals surface area contributed by atoms with Crippen LogP contribution in [0.1, 0.15) is 0 Å². The van der Waals surface area contributed by atoms with Crippen LogP contribution in [0.5, 0.6) is 0 Å². The zero-order valence-corrected chi connectivity index (χ0v) is 16.6. The number of hydrogen-bond acceptors (Lipinski definition) is 4. The molecule has 0 heterocycles. The van der Waals surface area contributed by atoms with Crippen molar-refractivity contribution in [3.8, 4) is 0 Å². The number of benzene rings is 3. The summed E-state index contributed by atoms with van der Waals surface area (Å²) >= 11 is 12.2. The van der Waals surface area contributed by atoms with Crippen LogP contribution >= 0.6 is 23.2 Å². The molecule has 0 bridgehead atoms. The Kier molecular flexibility index (Phi) is 5.60. The molecule has 3 aromatic rings. The first-order valence-corrected chi connectivity index (χ1v) is 10.1. The van der Waals surface area contributed by atoms with Crippen LogP contribution in [-0.2, 0) is 19.6 Å². The molecule has 3 rings (SSSR count). The van der Waals surface area contributed by atoms with Gasteiger partial charge in [0.1, 0.15) is 6.54 Å². The summed E-state index contributed by atoms with van der Waals surface area (Å²) in [6.07, 6.45) is 0. The normalized spacial score (nSPS) is 11.4. The summed E-state index contributed by atoms with van der Waals surface area (Å²) in [6, 6.07) is 16.5. The molecular weight excluding hydrogens is 409 g/mol. The van der Waals surface area contributed by atoms with Gasteiger partial charge in [0.2, 0.25) is 0 Å². The number of methoxy groups -OCH3 is 1. The molecule has 0 N–H and O–H groups in total. The Morgan fingerprint density at radius 2 is 1.70 bits per heavy atom. The molecule has 0 unspecified atom stereocenters. The second kappa shape index (κ2) is 7.76. The van der Waals surface area contributed by atoms with Gasteiger partial charge >= 0.3 is 5.97 Å². The van der Waals surface area contributed by atoms with Crippen LogP contribution in [0.2, 0.25) is 10.0 Å². The van der Waals surface area contributed by atoms with Crippen molar-refractivity contribution in [2.75, 3.05) is 18.0 Å². The van der Waals surface area contributed by atoms with E-state index in [2.05, 4.69) is 4.74 Å². The Hall–Kier alpha value is -2.28. The highest BCUT2D eigenvalue weighted by molar-refractivity contribution is 7.92. The Morgan fingerprint density at radius 1 is 1.00 bits per heavy atom. The minimum Gasteiger partial charge on any atom is -0.468 e. The lowest BCUT2D eigenvalue weighted by molar-refractivity contribution is -0.138. The van der Waals surface area contributed by atoms with Crippen molar-refractivity contribution in [1.82, 2.24) is 0 Å². The molecule has 3 aromatic carbocycles. The van der Waals surface area contributed by atoms with Crippen molar-refractivity contribution in [2.24, 2.45) is 0 Å². The fourth-order valence-electron chi connectivity index (χ4n) is 2.61. The number of ether oxygens (including phenoxy) is 1. The second-order valence-corrected chi connectivity index (χ2v) is 8.40. The lowest BCUT2D eigenvalue weighted by Crippen LogP contribution is -2.36. The average molecular weight is 424 g/mol. The van der Waals surface area contributed by atoms with Crippen molar-refractivity contribution in [1.29, 1.82) is 0 Å². The van der Waals surface area contributed by atoms with Crippen LogP contribution < -0.4 is 4.31 Å². The number of carbonyl (C=O) groups is 1. The maximum Gasteiger partial charge on any atom is 0.326 e. The van der Waals surface area contributed by atoms with Crippen LogP contribution in [0.3, 0.4) is 0 Å². The van der Waals surface area contributed by atoms with E-state index in [9.17, 15) is 13.2 Å². The molecule has 8 heteroatoms. The first kappa shape index (κ1) is 19.5. The van der Waals surface area contributed by atoms with E-state index in [1.54, 1.807) is 12.1 Å². The first-order valence-electron chi connectivity index (χ1n) is 7.86. The smallest absolute Gasteiger partial charge is 0.326 e. The molecule has 0 fully saturated rings. The quantitative estimate of drug-likeness (QED) is 0.566. The number of fused-ring (bicyclic) bond motifs is 1. The van der Waals surface area contributed by atoms with Gasteiger partial charge in [0.25, 0.3) is 10.0 Å². The third kappa shape index (κ3) is 4.03. The lowest BCUT2D eigenvalue weighted by Gasteiger charge is -2.24. The van der Waals surface area contributed by atoms with Gasteiger partial charge in [-0.3, -0.25) is 9.10 Å². The molecule has 0 spiro atoms. The number of hydrogen-bond donors (Lipinski definition) is 0. The zero-order chi connectivity index (χ0) is 19.6. The molecule has 0 atom stereocenters. The van der Waals surface area contributed by atoms with E-state index in [1.165, 1.54) is 31.4 Å². The standard InChI is InChI=1S/C19H15Cl2NO4S/c1-26-19(23)12-22(18-11-15(20)7-9-17(18)21)27(24,25)16-8-6-13-4-2-3-5-14(13)10-16/h2-11H,12H2,1H3. The second-order valence-electron chi connectivity index (χ2n) is 5.69. The highest BCUT2D eigenvalue weighted by Crippen LogP contribution is 2.33. The topological polar surface area (TPSA) is 63.7 Å². The molecule has 5 nitrogen and oxygen atoms in total. The van der Waals surface area contributed by atoms with Crippen molar-refractivity contribution < 1.29 is 17.9 Å². The summed E-state index contributed by atoms with van der Waals surface area (Å²) in [5.74, 6) is -0.726. The van der Waals surface area contributed by atoms with Crippen molar-refractivity contribution in [2.45, 2.75) is 4.90 Å². The summed E-state index contributed by atoms with van der Waals surface area (Å²) in [6.45, 7) is -0.536. The van der Waals surface area contributed by atoms with E-state index in [4.69, 9.17) is 23.2 Å². The molecule has 0 aliphatic carbocycles. The van der Waals surface area contributed by atoms with E-state index in [-0.39, 0.29) is 20.6 Å². The minimum atomic E-state index is -4.10. The zero-order valence-electron chi connectivity index (χ0n) is 14.2. The number of carbonyl (C=O) groups excluding carboxylic acids is 1. The molecular formula is C19H15Cl2NO4S. The van der Waals surface area contributed by atoms with E-state index < -0.39 is 22.5 Å². The Labute approximate surface area is 167 Å². The van der Waals surface area contributed by atoms with Gasteiger partial charge in [0, 0.05) is 5.02 Å². The fourth-order valence-corrected chi connectivity index (χ4v) is 4.51. The molecule has 0 saturated carbocycles. The molecule has 0 radical (unpaired) electrons. The van der Waals surface area contributed by atoms with Crippen molar-refractivity contribution in [3.63, 3.8) is 0 Å². The van der Waals surface area contributed by atoms with E-state index in [0.717, 1.165) is 15.1 Å². The number of nitrogens with zero attached hydrogens (tertiary/aromatic N) is 1. The van der Waals surface area contributed by atoms with Gasteiger partial charge in [-0.1, -0.05) is 53.5 Å². The van der Waals surface area contributed by atoms with E-state index >= 15 is 0 Å². The summed E-state index contributed by atoms with van der Waals surface area (Å²) in [5.41, 5.74) is 0.0997. The largest absolute Gasteiger partial charge is 0.468 e. The minimum absolute atomic E-state index is 0.0288. The SMILES string of the molecule is COC(=O)CN(c1cc(Cl)ccc1Cl)S(=O)(=O)c1ccc2ccccc2c1. The number of esters is 1.